The summed E-state index contributed by atoms with van der Waals surface area (Å²) >= 11 is 0. The molecule has 0 amide bonds. The summed E-state index contributed by atoms with van der Waals surface area (Å²) in [4.78, 5) is 0. The fraction of sp³-hybridized carbons (Fsp3) is 0.364. The van der Waals surface area contributed by atoms with E-state index in [1.165, 1.54) is 11.3 Å². The first-order valence-corrected chi connectivity index (χ1v) is 4.61. The van der Waals surface area contributed by atoms with Crippen LogP contribution in [0.15, 0.2) is 24.3 Å². The summed E-state index contributed by atoms with van der Waals surface area (Å²) in [5.41, 5.74) is 2.50. The molecule has 0 radical (unpaired) electrons. The van der Waals surface area contributed by atoms with E-state index in [-0.39, 0.29) is 0 Å². The van der Waals surface area contributed by atoms with Crippen LogP contribution in [-0.4, -0.2) is 6.54 Å². The van der Waals surface area contributed by atoms with E-state index in [9.17, 15) is 0 Å². The van der Waals surface area contributed by atoms with Crippen LogP contribution in [0.3, 0.4) is 0 Å². The van der Waals surface area contributed by atoms with E-state index >= 15 is 0 Å². The summed E-state index contributed by atoms with van der Waals surface area (Å²) in [5.74, 6) is 0.433. The number of anilines is 1. The van der Waals surface area contributed by atoms with Crippen molar-refractivity contribution in [3.63, 3.8) is 0 Å². The van der Waals surface area contributed by atoms with Crippen LogP contribution >= 0.6 is 0 Å². The predicted octanol–water partition coefficient (Wildman–Crippen LogP) is 2.50. The van der Waals surface area contributed by atoms with Crippen molar-refractivity contribution in [1.82, 2.24) is 0 Å². The third-order valence-electron chi connectivity index (χ3n) is 2.55. The molecule has 1 aliphatic heterocycles. The van der Waals surface area contributed by atoms with E-state index in [4.69, 9.17) is 5.26 Å². The fourth-order valence-corrected chi connectivity index (χ4v) is 1.87. The molecule has 0 saturated heterocycles. The Morgan fingerprint density at radius 1 is 1.46 bits per heavy atom. The van der Waals surface area contributed by atoms with Gasteiger partial charge >= 0.3 is 0 Å². The van der Waals surface area contributed by atoms with Crippen LogP contribution in [0.25, 0.3) is 0 Å². The van der Waals surface area contributed by atoms with Crippen molar-refractivity contribution in [3.05, 3.63) is 29.8 Å². The molecule has 2 nitrogen and oxygen atoms in total. The number of hydrogen-bond donors (Lipinski definition) is 1. The van der Waals surface area contributed by atoms with Gasteiger partial charge in [-0.15, -0.1) is 0 Å². The topological polar surface area (TPSA) is 35.8 Å². The van der Waals surface area contributed by atoms with Gasteiger partial charge in [-0.3, -0.25) is 0 Å². The molecule has 0 spiro atoms. The molecule has 0 bridgehead atoms. The minimum Gasteiger partial charge on any atom is -0.385 e. The minimum absolute atomic E-state index is 0.433. The van der Waals surface area contributed by atoms with Crippen LogP contribution in [0, 0.1) is 11.3 Å². The standard InChI is InChI=1S/C11H12N2/c12-7-5-9-6-8-13-11-4-2-1-3-10(9)11/h1-4,9,13H,5-6,8H2. The Morgan fingerprint density at radius 2 is 2.31 bits per heavy atom. The molecule has 2 heteroatoms. The summed E-state index contributed by atoms with van der Waals surface area (Å²) in [5, 5.41) is 12.0. The monoisotopic (exact) mass is 172 g/mol. The van der Waals surface area contributed by atoms with Crippen molar-refractivity contribution in [3.8, 4) is 6.07 Å². The number of benzene rings is 1. The van der Waals surface area contributed by atoms with E-state index in [1.54, 1.807) is 0 Å². The first-order chi connectivity index (χ1) is 6.42. The molecule has 0 aromatic heterocycles. The average Bonchev–Trinajstić information content (AvgIpc) is 2.19. The van der Waals surface area contributed by atoms with Crippen LogP contribution in [0.5, 0.6) is 0 Å². The Bertz CT molecular complexity index is 338. The highest BCUT2D eigenvalue weighted by Gasteiger charge is 2.18. The van der Waals surface area contributed by atoms with Gasteiger partial charge in [0.05, 0.1) is 6.07 Å². The van der Waals surface area contributed by atoms with Crippen LogP contribution in [0.1, 0.15) is 24.3 Å². The lowest BCUT2D eigenvalue weighted by atomic mass is 9.89. The molecule has 2 rings (SSSR count). The molecule has 0 saturated carbocycles. The van der Waals surface area contributed by atoms with Crippen molar-refractivity contribution in [2.24, 2.45) is 0 Å². The van der Waals surface area contributed by atoms with E-state index in [0.717, 1.165) is 13.0 Å². The molecule has 0 fully saturated rings. The quantitative estimate of drug-likeness (QED) is 0.706. The third kappa shape index (κ3) is 1.50. The van der Waals surface area contributed by atoms with Gasteiger partial charge in [0.1, 0.15) is 0 Å². The number of rotatable bonds is 1. The van der Waals surface area contributed by atoms with Crippen molar-refractivity contribution in [2.45, 2.75) is 18.8 Å². The molecule has 1 atom stereocenters. The SMILES string of the molecule is N#CCC1CCNc2ccccc21. The Kier molecular flexibility index (Phi) is 2.18. The summed E-state index contributed by atoms with van der Waals surface area (Å²) in [6, 6.07) is 10.5. The van der Waals surface area contributed by atoms with Gasteiger partial charge in [0.25, 0.3) is 0 Å². The van der Waals surface area contributed by atoms with E-state index in [2.05, 4.69) is 23.5 Å². The molecule has 13 heavy (non-hydrogen) atoms. The fourth-order valence-electron chi connectivity index (χ4n) is 1.87. The molecule has 66 valence electrons. The van der Waals surface area contributed by atoms with Gasteiger partial charge in [-0.2, -0.15) is 5.26 Å². The maximum Gasteiger partial charge on any atom is 0.0628 e. The van der Waals surface area contributed by atoms with Crippen molar-refractivity contribution >= 4 is 5.69 Å². The smallest absolute Gasteiger partial charge is 0.0628 e. The zero-order valence-corrected chi connectivity index (χ0v) is 7.46. The van der Waals surface area contributed by atoms with Crippen LogP contribution in [-0.2, 0) is 0 Å². The van der Waals surface area contributed by atoms with Gasteiger partial charge in [0, 0.05) is 24.6 Å². The molecule has 1 N–H and O–H groups in total. The second kappa shape index (κ2) is 3.49. The molecule has 1 unspecified atom stereocenters. The predicted molar refractivity (Wildman–Crippen MR) is 52.5 cm³/mol. The molecule has 1 heterocycles. The molecule has 1 aromatic rings. The summed E-state index contributed by atoms with van der Waals surface area (Å²) in [6.07, 6.45) is 1.71. The van der Waals surface area contributed by atoms with E-state index < -0.39 is 0 Å². The largest absolute Gasteiger partial charge is 0.385 e. The Labute approximate surface area is 78.2 Å². The lowest BCUT2D eigenvalue weighted by molar-refractivity contribution is 0.641. The van der Waals surface area contributed by atoms with Crippen molar-refractivity contribution in [2.75, 3.05) is 11.9 Å². The number of hydrogen-bond acceptors (Lipinski definition) is 2. The Balaban J connectivity index is 2.32. The van der Waals surface area contributed by atoms with Gasteiger partial charge in [-0.1, -0.05) is 18.2 Å². The maximum atomic E-state index is 8.67. The number of para-hydroxylation sites is 1. The molecular weight excluding hydrogens is 160 g/mol. The van der Waals surface area contributed by atoms with Gasteiger partial charge in [-0.25, -0.2) is 0 Å². The van der Waals surface area contributed by atoms with Crippen LogP contribution in [0.2, 0.25) is 0 Å². The molecule has 0 aliphatic carbocycles. The number of nitrogens with zero attached hydrogens (tertiary/aromatic N) is 1. The Hall–Kier alpha value is -1.49. The number of fused-ring (bicyclic) bond motifs is 1. The zero-order valence-electron chi connectivity index (χ0n) is 7.46. The lowest BCUT2D eigenvalue weighted by Gasteiger charge is -2.24. The van der Waals surface area contributed by atoms with Crippen LogP contribution < -0.4 is 5.32 Å². The van der Waals surface area contributed by atoms with Gasteiger partial charge in [0.15, 0.2) is 0 Å². The first-order valence-electron chi connectivity index (χ1n) is 4.61. The lowest BCUT2D eigenvalue weighted by Crippen LogP contribution is -2.16. The average molecular weight is 172 g/mol. The number of nitrogens with one attached hydrogen (secondary N) is 1. The second-order valence-electron chi connectivity index (χ2n) is 3.36. The zero-order chi connectivity index (χ0) is 9.10. The third-order valence-corrected chi connectivity index (χ3v) is 2.55. The minimum atomic E-state index is 0.433. The second-order valence-corrected chi connectivity index (χ2v) is 3.36. The Morgan fingerprint density at radius 3 is 3.15 bits per heavy atom. The highest BCUT2D eigenvalue weighted by Crippen LogP contribution is 2.32. The molecule has 1 aromatic carbocycles. The van der Waals surface area contributed by atoms with Crippen molar-refractivity contribution in [1.29, 1.82) is 5.26 Å². The normalized spacial score (nSPS) is 19.8. The highest BCUT2D eigenvalue weighted by atomic mass is 14.9. The molecule has 1 aliphatic rings. The summed E-state index contributed by atoms with van der Waals surface area (Å²) in [6.45, 7) is 0.989. The van der Waals surface area contributed by atoms with Crippen LogP contribution in [0.4, 0.5) is 5.69 Å². The van der Waals surface area contributed by atoms with Gasteiger partial charge < -0.3 is 5.32 Å². The number of nitriles is 1. The van der Waals surface area contributed by atoms with Gasteiger partial charge in [-0.05, 0) is 18.1 Å². The van der Waals surface area contributed by atoms with Crippen molar-refractivity contribution < 1.29 is 0 Å². The highest BCUT2D eigenvalue weighted by molar-refractivity contribution is 5.54. The maximum absolute atomic E-state index is 8.67. The first kappa shape index (κ1) is 8.12. The summed E-state index contributed by atoms with van der Waals surface area (Å²) < 4.78 is 0. The van der Waals surface area contributed by atoms with E-state index in [1.807, 2.05) is 12.1 Å². The van der Waals surface area contributed by atoms with Gasteiger partial charge in [0.2, 0.25) is 0 Å². The summed E-state index contributed by atoms with van der Waals surface area (Å²) in [7, 11) is 0. The van der Waals surface area contributed by atoms with E-state index in [0.29, 0.717) is 12.3 Å². The molecular formula is C11H12N2.